The first-order valence-electron chi connectivity index (χ1n) is 8.96. The quantitative estimate of drug-likeness (QED) is 0.871. The van der Waals surface area contributed by atoms with Crippen molar-refractivity contribution in [2.24, 2.45) is 0 Å². The molecule has 2 unspecified atom stereocenters. The lowest BCUT2D eigenvalue weighted by molar-refractivity contribution is -0.00906. The number of hydrogen-bond acceptors (Lipinski definition) is 5. The van der Waals surface area contributed by atoms with E-state index in [2.05, 4.69) is 4.98 Å². The van der Waals surface area contributed by atoms with Gasteiger partial charge in [0.15, 0.2) is 12.0 Å². The highest BCUT2D eigenvalue weighted by atomic mass is 19.1. The molecule has 0 bridgehead atoms. The molecule has 1 amide bonds. The van der Waals surface area contributed by atoms with E-state index in [-0.39, 0.29) is 30.2 Å². The Morgan fingerprint density at radius 1 is 1.43 bits per heavy atom. The van der Waals surface area contributed by atoms with Crippen LogP contribution in [0.4, 0.5) is 4.39 Å². The minimum absolute atomic E-state index is 0.130. The fourth-order valence-corrected chi connectivity index (χ4v) is 3.82. The van der Waals surface area contributed by atoms with Crippen LogP contribution >= 0.6 is 0 Å². The van der Waals surface area contributed by atoms with Crippen molar-refractivity contribution in [1.29, 1.82) is 0 Å². The van der Waals surface area contributed by atoms with Crippen molar-refractivity contribution in [1.82, 2.24) is 9.88 Å². The van der Waals surface area contributed by atoms with Gasteiger partial charge in [-0.15, -0.1) is 0 Å². The maximum absolute atomic E-state index is 14.0. The summed E-state index contributed by atoms with van der Waals surface area (Å²) >= 11 is 0. The molecule has 1 N–H and O–H groups in total. The van der Waals surface area contributed by atoms with Crippen molar-refractivity contribution in [2.45, 2.75) is 25.2 Å². The number of rotatable bonds is 4. The number of phenolic OH excluding ortho intramolecular Hbond substituents is 1. The van der Waals surface area contributed by atoms with E-state index in [9.17, 15) is 14.3 Å². The predicted octanol–water partition coefficient (Wildman–Crippen LogP) is 3.66. The number of hydrogen-bond donors (Lipinski definition) is 1. The molecule has 0 saturated carbocycles. The van der Waals surface area contributed by atoms with Crippen LogP contribution in [-0.4, -0.2) is 47.3 Å². The highest BCUT2D eigenvalue weighted by molar-refractivity contribution is 6.09. The molecule has 6 nitrogen and oxygen atoms in total. The van der Waals surface area contributed by atoms with Gasteiger partial charge in [0.2, 0.25) is 0 Å². The molecule has 0 radical (unpaired) electrons. The highest BCUT2D eigenvalue weighted by Gasteiger charge is 2.43. The number of ether oxygens (including phenoxy) is 2. The van der Waals surface area contributed by atoms with Crippen molar-refractivity contribution in [2.75, 3.05) is 20.8 Å². The summed E-state index contributed by atoms with van der Waals surface area (Å²) in [6.07, 6.45) is 6.01. The first-order chi connectivity index (χ1) is 13.4. The lowest BCUT2D eigenvalue weighted by Crippen LogP contribution is -2.31. The van der Waals surface area contributed by atoms with Gasteiger partial charge >= 0.3 is 0 Å². The molecule has 4 rings (SSSR count). The SMILES string of the molecule is COc1c2c(c(O)c3ncccc13)C(=O)N(CC1=CCC(C)(F)C=C1)C2OC. The molecule has 2 heterocycles. The summed E-state index contributed by atoms with van der Waals surface area (Å²) in [7, 11) is 3.00. The van der Waals surface area contributed by atoms with Crippen LogP contribution in [0.2, 0.25) is 0 Å². The number of methoxy groups -OCH3 is 2. The maximum Gasteiger partial charge on any atom is 0.260 e. The predicted molar refractivity (Wildman–Crippen MR) is 102 cm³/mol. The number of amides is 1. The van der Waals surface area contributed by atoms with Crippen LogP contribution in [-0.2, 0) is 4.74 Å². The maximum atomic E-state index is 14.0. The standard InChI is InChI=1S/C21H21FN2O4/c1-21(22)8-6-12(7-9-21)11-24-19(26)14-15(20(24)28-3)18(27-2)13-5-4-10-23-16(13)17(14)25/h4-8,10,20,25H,9,11H2,1-3H3. The molecule has 2 aromatic rings. The third-order valence-electron chi connectivity index (χ3n) is 5.22. The molecule has 1 aliphatic carbocycles. The summed E-state index contributed by atoms with van der Waals surface area (Å²) in [6.45, 7) is 1.73. The van der Waals surface area contributed by atoms with Crippen LogP contribution in [0.15, 0.2) is 42.1 Å². The van der Waals surface area contributed by atoms with Gasteiger partial charge in [0.05, 0.1) is 18.2 Å². The second-order valence-corrected chi connectivity index (χ2v) is 7.19. The Kier molecular flexibility index (Phi) is 4.34. The van der Waals surface area contributed by atoms with E-state index in [0.717, 1.165) is 5.57 Å². The lowest BCUT2D eigenvalue weighted by atomic mass is 9.95. The summed E-state index contributed by atoms with van der Waals surface area (Å²) in [5.41, 5.74) is 0.328. The molecule has 146 valence electrons. The van der Waals surface area contributed by atoms with Crippen molar-refractivity contribution < 1.29 is 23.8 Å². The van der Waals surface area contributed by atoms with Crippen molar-refractivity contribution in [3.63, 3.8) is 0 Å². The number of carbonyl (C=O) groups is 1. The van der Waals surface area contributed by atoms with Crippen molar-refractivity contribution in [3.05, 3.63) is 53.3 Å². The van der Waals surface area contributed by atoms with E-state index in [4.69, 9.17) is 9.47 Å². The first-order valence-corrected chi connectivity index (χ1v) is 8.96. The van der Waals surface area contributed by atoms with Gasteiger partial charge in [-0.3, -0.25) is 9.78 Å². The van der Waals surface area contributed by atoms with Gasteiger partial charge in [-0.25, -0.2) is 4.39 Å². The Morgan fingerprint density at radius 2 is 2.21 bits per heavy atom. The Morgan fingerprint density at radius 3 is 2.86 bits per heavy atom. The summed E-state index contributed by atoms with van der Waals surface area (Å²) < 4.78 is 25.2. The third kappa shape index (κ3) is 2.74. The normalized spacial score (nSPS) is 23.9. The molecular formula is C21H21FN2O4. The second-order valence-electron chi connectivity index (χ2n) is 7.19. The van der Waals surface area contributed by atoms with Gasteiger partial charge in [-0.2, -0.15) is 0 Å². The Balaban J connectivity index is 1.81. The average Bonchev–Trinajstić information content (AvgIpc) is 2.96. The summed E-state index contributed by atoms with van der Waals surface area (Å²) in [4.78, 5) is 18.9. The Bertz CT molecular complexity index is 1030. The van der Waals surface area contributed by atoms with E-state index in [1.165, 1.54) is 32.1 Å². The Labute approximate surface area is 161 Å². The molecular weight excluding hydrogens is 363 g/mol. The number of nitrogens with zero attached hydrogens (tertiary/aromatic N) is 2. The fraction of sp³-hybridized carbons (Fsp3) is 0.333. The van der Waals surface area contributed by atoms with E-state index in [1.807, 2.05) is 0 Å². The van der Waals surface area contributed by atoms with Crippen molar-refractivity contribution in [3.8, 4) is 11.5 Å². The van der Waals surface area contributed by atoms with Crippen LogP contribution in [0, 0.1) is 0 Å². The van der Waals surface area contributed by atoms with Crippen LogP contribution < -0.4 is 4.74 Å². The van der Waals surface area contributed by atoms with Gasteiger partial charge in [-0.05, 0) is 30.7 Å². The fourth-order valence-electron chi connectivity index (χ4n) is 3.82. The number of fused-ring (bicyclic) bond motifs is 2. The number of alkyl halides is 1. The molecule has 1 aromatic heterocycles. The molecule has 1 aromatic carbocycles. The zero-order valence-electron chi connectivity index (χ0n) is 15.9. The van der Waals surface area contributed by atoms with E-state index in [0.29, 0.717) is 22.2 Å². The van der Waals surface area contributed by atoms with Gasteiger partial charge in [0.25, 0.3) is 5.91 Å². The monoisotopic (exact) mass is 384 g/mol. The number of benzene rings is 1. The van der Waals surface area contributed by atoms with Gasteiger partial charge in [0.1, 0.15) is 16.9 Å². The van der Waals surface area contributed by atoms with Gasteiger partial charge in [-0.1, -0.05) is 12.2 Å². The third-order valence-corrected chi connectivity index (χ3v) is 5.22. The van der Waals surface area contributed by atoms with Gasteiger partial charge < -0.3 is 19.5 Å². The Hall–Kier alpha value is -2.93. The number of pyridine rings is 1. The van der Waals surface area contributed by atoms with Crippen LogP contribution in [0.25, 0.3) is 10.9 Å². The molecule has 2 atom stereocenters. The zero-order valence-corrected chi connectivity index (χ0v) is 15.9. The smallest absolute Gasteiger partial charge is 0.260 e. The van der Waals surface area contributed by atoms with Crippen LogP contribution in [0.3, 0.4) is 0 Å². The van der Waals surface area contributed by atoms with E-state index >= 15 is 0 Å². The minimum atomic E-state index is -1.38. The molecule has 0 saturated heterocycles. The summed E-state index contributed by atoms with van der Waals surface area (Å²) in [5.74, 6) is -0.123. The summed E-state index contributed by atoms with van der Waals surface area (Å²) in [6, 6.07) is 3.51. The molecule has 2 aliphatic rings. The van der Waals surface area contributed by atoms with Crippen LogP contribution in [0.5, 0.6) is 11.5 Å². The molecule has 28 heavy (non-hydrogen) atoms. The number of aromatic hydroxyl groups is 1. The number of halogens is 1. The number of carbonyl (C=O) groups excluding carboxylic acids is 1. The van der Waals surface area contributed by atoms with Gasteiger partial charge in [0, 0.05) is 31.7 Å². The van der Waals surface area contributed by atoms with E-state index < -0.39 is 11.9 Å². The lowest BCUT2D eigenvalue weighted by Gasteiger charge is -2.27. The van der Waals surface area contributed by atoms with Crippen LogP contribution in [0.1, 0.15) is 35.5 Å². The molecule has 7 heteroatoms. The first kappa shape index (κ1) is 18.4. The van der Waals surface area contributed by atoms with E-state index in [1.54, 1.807) is 30.5 Å². The van der Waals surface area contributed by atoms with Crippen molar-refractivity contribution >= 4 is 16.8 Å². The largest absolute Gasteiger partial charge is 0.505 e. The average molecular weight is 384 g/mol. The summed E-state index contributed by atoms with van der Waals surface area (Å²) in [5, 5.41) is 11.4. The number of allylic oxidation sites excluding steroid dienone is 2. The second kappa shape index (κ2) is 6.60. The topological polar surface area (TPSA) is 71.9 Å². The number of aromatic nitrogens is 1. The highest BCUT2D eigenvalue weighted by Crippen LogP contribution is 2.48. The molecule has 1 aliphatic heterocycles. The zero-order chi connectivity index (χ0) is 20.1. The molecule has 0 fully saturated rings. The minimum Gasteiger partial charge on any atom is -0.505 e. The molecule has 0 spiro atoms. The number of phenols is 1.